The summed E-state index contributed by atoms with van der Waals surface area (Å²) in [6.45, 7) is 1.91. The molecule has 0 aliphatic heterocycles. The molecule has 0 aliphatic rings. The zero-order chi connectivity index (χ0) is 19.3. The minimum Gasteiger partial charge on any atom is -0.481 e. The average Bonchev–Trinajstić information content (AvgIpc) is 3.15. The van der Waals surface area contributed by atoms with Gasteiger partial charge in [0.15, 0.2) is 0 Å². The van der Waals surface area contributed by atoms with Gasteiger partial charge in [0.25, 0.3) is 0 Å². The van der Waals surface area contributed by atoms with Gasteiger partial charge in [-0.2, -0.15) is 0 Å². The van der Waals surface area contributed by atoms with E-state index in [1.165, 1.54) is 0 Å². The van der Waals surface area contributed by atoms with Gasteiger partial charge in [0, 0.05) is 24.7 Å². The minimum atomic E-state index is -1.11. The van der Waals surface area contributed by atoms with Crippen LogP contribution in [0.15, 0.2) is 60.8 Å². The van der Waals surface area contributed by atoms with Crippen molar-refractivity contribution in [3.8, 4) is 0 Å². The predicted octanol–water partition coefficient (Wildman–Crippen LogP) is 3.65. The SMILES string of the molecule is CCC(CNC(=O)CCc1ccc2[nH]ccc2c1)(C(=O)O)c1ccccc1. The monoisotopic (exact) mass is 364 g/mol. The lowest BCUT2D eigenvalue weighted by atomic mass is 9.78. The number of amides is 1. The van der Waals surface area contributed by atoms with Crippen molar-refractivity contribution in [1.82, 2.24) is 10.3 Å². The zero-order valence-corrected chi connectivity index (χ0v) is 15.4. The highest BCUT2D eigenvalue weighted by molar-refractivity contribution is 5.84. The molecule has 5 nitrogen and oxygen atoms in total. The smallest absolute Gasteiger partial charge is 0.315 e. The van der Waals surface area contributed by atoms with E-state index in [0.717, 1.165) is 16.5 Å². The topological polar surface area (TPSA) is 82.2 Å². The second-order valence-electron chi connectivity index (χ2n) is 6.78. The van der Waals surface area contributed by atoms with Gasteiger partial charge >= 0.3 is 5.97 Å². The average molecular weight is 364 g/mol. The van der Waals surface area contributed by atoms with Gasteiger partial charge < -0.3 is 15.4 Å². The van der Waals surface area contributed by atoms with Crippen LogP contribution in [0.1, 0.15) is 30.9 Å². The van der Waals surface area contributed by atoms with Gasteiger partial charge in [-0.15, -0.1) is 0 Å². The summed E-state index contributed by atoms with van der Waals surface area (Å²) in [6, 6.07) is 17.2. The molecule has 1 heterocycles. The molecule has 1 unspecified atom stereocenters. The molecule has 1 amide bonds. The third-order valence-corrected chi connectivity index (χ3v) is 5.19. The van der Waals surface area contributed by atoms with E-state index in [0.29, 0.717) is 24.8 Å². The van der Waals surface area contributed by atoms with Crippen molar-refractivity contribution in [3.05, 3.63) is 71.9 Å². The van der Waals surface area contributed by atoms with Crippen molar-refractivity contribution in [2.75, 3.05) is 6.54 Å². The number of aliphatic carboxylic acids is 1. The van der Waals surface area contributed by atoms with E-state index in [4.69, 9.17) is 0 Å². The molecular weight excluding hydrogens is 340 g/mol. The van der Waals surface area contributed by atoms with Crippen LogP contribution in [-0.4, -0.2) is 28.5 Å². The number of benzene rings is 2. The molecule has 0 saturated carbocycles. The highest BCUT2D eigenvalue weighted by Gasteiger charge is 2.38. The lowest BCUT2D eigenvalue weighted by molar-refractivity contribution is -0.144. The third-order valence-electron chi connectivity index (χ3n) is 5.19. The second-order valence-corrected chi connectivity index (χ2v) is 6.78. The number of H-pyrrole nitrogens is 1. The number of aromatic nitrogens is 1. The Balaban J connectivity index is 1.63. The predicted molar refractivity (Wildman–Crippen MR) is 106 cm³/mol. The zero-order valence-electron chi connectivity index (χ0n) is 15.4. The quantitative estimate of drug-likeness (QED) is 0.571. The third kappa shape index (κ3) is 4.03. The van der Waals surface area contributed by atoms with Crippen LogP contribution in [0.25, 0.3) is 10.9 Å². The fourth-order valence-corrected chi connectivity index (χ4v) is 3.39. The number of carbonyl (C=O) groups is 2. The molecule has 0 radical (unpaired) electrons. The summed E-state index contributed by atoms with van der Waals surface area (Å²) in [7, 11) is 0. The fraction of sp³-hybridized carbons (Fsp3) is 0.273. The summed E-state index contributed by atoms with van der Waals surface area (Å²) in [5.74, 6) is -1.06. The number of carboxylic acids is 1. The maximum Gasteiger partial charge on any atom is 0.315 e. The minimum absolute atomic E-state index is 0.0819. The number of carbonyl (C=O) groups excluding carboxylic acids is 1. The van der Waals surface area contributed by atoms with Crippen LogP contribution in [0.3, 0.4) is 0 Å². The van der Waals surface area contributed by atoms with E-state index < -0.39 is 11.4 Å². The van der Waals surface area contributed by atoms with E-state index >= 15 is 0 Å². The number of aryl methyl sites for hydroxylation is 1. The summed E-state index contributed by atoms with van der Waals surface area (Å²) >= 11 is 0. The van der Waals surface area contributed by atoms with Gasteiger partial charge in [-0.1, -0.05) is 43.3 Å². The van der Waals surface area contributed by atoms with E-state index in [1.807, 2.05) is 49.5 Å². The number of hydrogen-bond donors (Lipinski definition) is 3. The Morgan fingerprint density at radius 2 is 1.89 bits per heavy atom. The number of rotatable bonds is 8. The number of nitrogens with one attached hydrogen (secondary N) is 2. The van der Waals surface area contributed by atoms with Crippen molar-refractivity contribution in [2.24, 2.45) is 0 Å². The van der Waals surface area contributed by atoms with Crippen LogP contribution in [0.5, 0.6) is 0 Å². The maximum atomic E-state index is 12.3. The molecular formula is C22H24N2O3. The summed E-state index contributed by atoms with van der Waals surface area (Å²) in [5, 5.41) is 13.8. The van der Waals surface area contributed by atoms with Crippen LogP contribution in [0.2, 0.25) is 0 Å². The molecule has 3 rings (SSSR count). The first-order chi connectivity index (χ1) is 13.0. The second kappa shape index (κ2) is 8.08. The summed E-state index contributed by atoms with van der Waals surface area (Å²) in [4.78, 5) is 27.5. The van der Waals surface area contributed by atoms with Gasteiger partial charge in [0.1, 0.15) is 5.41 Å². The summed E-state index contributed by atoms with van der Waals surface area (Å²) < 4.78 is 0. The first kappa shape index (κ1) is 18.7. The standard InChI is InChI=1S/C22H24N2O3/c1-2-22(21(26)27,18-6-4-3-5-7-18)15-24-20(25)11-9-16-8-10-19-17(14-16)12-13-23-19/h3-8,10,12-14,23H,2,9,11,15H2,1H3,(H,24,25)(H,26,27). The molecule has 2 aromatic carbocycles. The lowest BCUT2D eigenvalue weighted by Crippen LogP contribution is -2.46. The summed E-state index contributed by atoms with van der Waals surface area (Å²) in [5.41, 5.74) is 1.75. The molecule has 140 valence electrons. The highest BCUT2D eigenvalue weighted by atomic mass is 16.4. The maximum absolute atomic E-state index is 12.3. The van der Waals surface area contributed by atoms with Gasteiger partial charge in [-0.25, -0.2) is 0 Å². The molecule has 0 spiro atoms. The number of aromatic amines is 1. The van der Waals surface area contributed by atoms with E-state index in [2.05, 4.69) is 16.4 Å². The van der Waals surface area contributed by atoms with Gasteiger partial charge in [0.05, 0.1) is 0 Å². The van der Waals surface area contributed by atoms with Crippen molar-refractivity contribution < 1.29 is 14.7 Å². The van der Waals surface area contributed by atoms with Crippen molar-refractivity contribution in [2.45, 2.75) is 31.6 Å². The van der Waals surface area contributed by atoms with E-state index in [-0.39, 0.29) is 12.5 Å². The van der Waals surface area contributed by atoms with Crippen molar-refractivity contribution in [1.29, 1.82) is 0 Å². The molecule has 3 aromatic rings. The van der Waals surface area contributed by atoms with Crippen LogP contribution in [0.4, 0.5) is 0 Å². The van der Waals surface area contributed by atoms with Gasteiger partial charge in [0.2, 0.25) is 5.91 Å². The molecule has 1 atom stereocenters. The van der Waals surface area contributed by atoms with Crippen LogP contribution in [-0.2, 0) is 21.4 Å². The number of hydrogen-bond acceptors (Lipinski definition) is 2. The first-order valence-electron chi connectivity index (χ1n) is 9.17. The van der Waals surface area contributed by atoms with E-state index in [1.54, 1.807) is 12.1 Å². The Labute approximate surface area is 158 Å². The molecule has 0 bridgehead atoms. The molecule has 5 heteroatoms. The normalized spacial score (nSPS) is 13.2. The Morgan fingerprint density at radius 3 is 2.59 bits per heavy atom. The molecule has 1 aromatic heterocycles. The summed E-state index contributed by atoms with van der Waals surface area (Å²) in [6.07, 6.45) is 3.23. The fourth-order valence-electron chi connectivity index (χ4n) is 3.39. The van der Waals surface area contributed by atoms with Crippen LogP contribution < -0.4 is 5.32 Å². The van der Waals surface area contributed by atoms with Gasteiger partial charge in [-0.05, 0) is 47.6 Å². The molecule has 0 saturated heterocycles. The lowest BCUT2D eigenvalue weighted by Gasteiger charge is -2.29. The highest BCUT2D eigenvalue weighted by Crippen LogP contribution is 2.28. The van der Waals surface area contributed by atoms with Crippen LogP contribution in [0, 0.1) is 0 Å². The Morgan fingerprint density at radius 1 is 1.11 bits per heavy atom. The Kier molecular flexibility index (Phi) is 5.60. The van der Waals surface area contributed by atoms with Crippen molar-refractivity contribution >= 4 is 22.8 Å². The van der Waals surface area contributed by atoms with Crippen molar-refractivity contribution in [3.63, 3.8) is 0 Å². The van der Waals surface area contributed by atoms with E-state index in [9.17, 15) is 14.7 Å². The van der Waals surface area contributed by atoms with Crippen LogP contribution >= 0.6 is 0 Å². The van der Waals surface area contributed by atoms with Gasteiger partial charge in [-0.3, -0.25) is 9.59 Å². The molecule has 0 aliphatic carbocycles. The number of fused-ring (bicyclic) bond motifs is 1. The Hall–Kier alpha value is -3.08. The molecule has 27 heavy (non-hydrogen) atoms. The largest absolute Gasteiger partial charge is 0.481 e. The first-order valence-corrected chi connectivity index (χ1v) is 9.17. The number of carboxylic acid groups (broad SMARTS) is 1. The molecule has 0 fully saturated rings. The molecule has 3 N–H and O–H groups in total. The Bertz CT molecular complexity index is 933.